The molecule has 0 fully saturated rings. The molecule has 0 amide bonds. The van der Waals surface area contributed by atoms with E-state index in [1.807, 2.05) is 0 Å². The molecule has 0 aromatic rings. The van der Waals surface area contributed by atoms with E-state index in [-0.39, 0.29) is 5.17 Å². The highest BCUT2D eigenvalue weighted by atomic mass is 32.2. The van der Waals surface area contributed by atoms with Crippen molar-refractivity contribution in [1.82, 2.24) is 0 Å². The molecule has 0 aromatic heterocycles. The molecule has 0 atom stereocenters. The van der Waals surface area contributed by atoms with E-state index in [0.29, 0.717) is 16.8 Å². The summed E-state index contributed by atoms with van der Waals surface area (Å²) in [6.45, 7) is 0. The Balaban J connectivity index is 2.48. The molecule has 0 saturated carbocycles. The van der Waals surface area contributed by atoms with Crippen molar-refractivity contribution in [3.8, 4) is 0 Å². The smallest absolute Gasteiger partial charge is 0.253 e. The first-order valence-corrected chi connectivity index (χ1v) is 5.48. The molecule has 0 saturated heterocycles. The topological polar surface area (TPSA) is 97.2 Å². The maximum Gasteiger partial charge on any atom is 0.273 e. The standard InChI is InChI=1S/C4H4N4O2S2/c5-12(9,10)4-7-2-3(8-4)11-1-6-2/h1H2,(H2,5,9,10). The predicted molar refractivity (Wildman–Crippen MR) is 47.9 cm³/mol. The molecule has 2 heterocycles. The molecular weight excluding hydrogens is 200 g/mol. The molecule has 0 bridgehead atoms. The molecule has 0 spiro atoms. The quantitative estimate of drug-likeness (QED) is 0.556. The van der Waals surface area contributed by atoms with Gasteiger partial charge in [-0.1, -0.05) is 11.8 Å². The summed E-state index contributed by atoms with van der Waals surface area (Å²) in [6, 6.07) is 0. The van der Waals surface area contributed by atoms with E-state index in [2.05, 4.69) is 15.0 Å². The van der Waals surface area contributed by atoms with E-state index < -0.39 is 10.0 Å². The Hall–Kier alpha value is -0.730. The van der Waals surface area contributed by atoms with Gasteiger partial charge in [0, 0.05) is 0 Å². The summed E-state index contributed by atoms with van der Waals surface area (Å²) in [5.41, 5.74) is 0. The van der Waals surface area contributed by atoms with Crippen LogP contribution in [0.5, 0.6) is 0 Å². The Morgan fingerprint density at radius 3 is 2.75 bits per heavy atom. The van der Waals surface area contributed by atoms with E-state index in [1.165, 1.54) is 11.8 Å². The Bertz CT molecular complexity index is 418. The molecule has 0 aliphatic carbocycles. The maximum absolute atomic E-state index is 10.7. The van der Waals surface area contributed by atoms with Gasteiger partial charge in [-0.15, -0.1) is 0 Å². The minimum Gasteiger partial charge on any atom is -0.253 e. The first-order valence-electron chi connectivity index (χ1n) is 2.95. The van der Waals surface area contributed by atoms with Crippen LogP contribution in [0.2, 0.25) is 0 Å². The van der Waals surface area contributed by atoms with E-state index in [4.69, 9.17) is 5.14 Å². The van der Waals surface area contributed by atoms with Gasteiger partial charge in [0.2, 0.25) is 0 Å². The molecule has 8 heteroatoms. The highest BCUT2D eigenvalue weighted by molar-refractivity contribution is 8.16. The fraction of sp³-hybridized carbons (Fsp3) is 0.250. The summed E-state index contributed by atoms with van der Waals surface area (Å²) in [7, 11) is -3.78. The average molecular weight is 204 g/mol. The van der Waals surface area contributed by atoms with Gasteiger partial charge in [0.15, 0.2) is 5.84 Å². The average Bonchev–Trinajstić information content (AvgIpc) is 2.37. The van der Waals surface area contributed by atoms with Crippen molar-refractivity contribution in [1.29, 1.82) is 0 Å². The molecule has 6 nitrogen and oxygen atoms in total. The van der Waals surface area contributed by atoms with Crippen molar-refractivity contribution >= 4 is 37.8 Å². The summed E-state index contributed by atoms with van der Waals surface area (Å²) >= 11 is 1.34. The van der Waals surface area contributed by atoms with Crippen LogP contribution in [0.1, 0.15) is 0 Å². The number of hydrogen-bond acceptors (Lipinski definition) is 6. The molecule has 2 aliphatic heterocycles. The number of sulfonamides is 1. The molecule has 2 aliphatic rings. The summed E-state index contributed by atoms with van der Waals surface area (Å²) in [6.07, 6.45) is 0. The molecule has 64 valence electrons. The number of rotatable bonds is 0. The monoisotopic (exact) mass is 204 g/mol. The summed E-state index contributed by atoms with van der Waals surface area (Å²) in [5, 5.41) is 5.01. The fourth-order valence-corrected chi connectivity index (χ4v) is 1.97. The predicted octanol–water partition coefficient (Wildman–Crippen LogP) is -0.854. The minimum atomic E-state index is -3.78. The third-order valence-electron chi connectivity index (χ3n) is 1.26. The first kappa shape index (κ1) is 7.90. The Kier molecular flexibility index (Phi) is 1.56. The lowest BCUT2D eigenvalue weighted by Crippen LogP contribution is -2.20. The van der Waals surface area contributed by atoms with Gasteiger partial charge >= 0.3 is 0 Å². The minimum absolute atomic E-state index is 0.344. The number of thioether (sulfide) groups is 1. The van der Waals surface area contributed by atoms with Crippen molar-refractivity contribution in [2.75, 3.05) is 5.88 Å². The van der Waals surface area contributed by atoms with Crippen molar-refractivity contribution < 1.29 is 8.42 Å². The second-order valence-electron chi connectivity index (χ2n) is 2.11. The SMILES string of the molecule is NS(=O)(=O)C1=NC2=NCSC2=N1. The Morgan fingerprint density at radius 1 is 1.42 bits per heavy atom. The number of nitrogens with two attached hydrogens (primary N) is 1. The van der Waals surface area contributed by atoms with Gasteiger partial charge in [0.05, 0.1) is 5.88 Å². The number of primary sulfonamides is 1. The van der Waals surface area contributed by atoms with Crippen molar-refractivity contribution in [3.63, 3.8) is 0 Å². The summed E-state index contributed by atoms with van der Waals surface area (Å²) in [5.74, 6) is 0.930. The normalized spacial score (nSPS) is 21.6. The van der Waals surface area contributed by atoms with Gasteiger partial charge in [-0.25, -0.2) is 18.5 Å². The number of amidine groups is 2. The van der Waals surface area contributed by atoms with Gasteiger partial charge in [-0.2, -0.15) is 4.99 Å². The lowest BCUT2D eigenvalue weighted by Gasteiger charge is -1.89. The van der Waals surface area contributed by atoms with Gasteiger partial charge in [0.1, 0.15) is 5.04 Å². The lowest BCUT2D eigenvalue weighted by atomic mass is 10.7. The van der Waals surface area contributed by atoms with E-state index in [1.54, 1.807) is 0 Å². The number of hydrogen-bond donors (Lipinski definition) is 1. The highest BCUT2D eigenvalue weighted by Crippen LogP contribution is 2.20. The number of fused-ring (bicyclic) bond motifs is 1. The van der Waals surface area contributed by atoms with E-state index >= 15 is 0 Å². The first-order chi connectivity index (χ1) is 5.57. The second kappa shape index (κ2) is 2.38. The zero-order chi connectivity index (χ0) is 8.77. The molecule has 2 rings (SSSR count). The van der Waals surface area contributed by atoms with Crippen molar-refractivity contribution in [2.45, 2.75) is 0 Å². The maximum atomic E-state index is 10.7. The molecule has 12 heavy (non-hydrogen) atoms. The Morgan fingerprint density at radius 2 is 2.17 bits per heavy atom. The zero-order valence-corrected chi connectivity index (χ0v) is 7.39. The molecule has 2 N–H and O–H groups in total. The Labute approximate surface area is 72.7 Å². The van der Waals surface area contributed by atoms with Crippen molar-refractivity contribution in [2.24, 2.45) is 20.1 Å². The fourth-order valence-electron chi connectivity index (χ4n) is 0.782. The van der Waals surface area contributed by atoms with Crippen LogP contribution >= 0.6 is 11.8 Å². The van der Waals surface area contributed by atoms with Gasteiger partial charge < -0.3 is 0 Å². The third-order valence-corrected chi connectivity index (χ3v) is 2.76. The van der Waals surface area contributed by atoms with Crippen LogP contribution in [-0.4, -0.2) is 30.3 Å². The van der Waals surface area contributed by atoms with Crippen LogP contribution < -0.4 is 5.14 Å². The summed E-state index contributed by atoms with van der Waals surface area (Å²) in [4.78, 5) is 11.3. The van der Waals surface area contributed by atoms with Gasteiger partial charge in [0.25, 0.3) is 15.2 Å². The van der Waals surface area contributed by atoms with Gasteiger partial charge in [-0.3, -0.25) is 4.99 Å². The van der Waals surface area contributed by atoms with Crippen LogP contribution in [0.25, 0.3) is 0 Å². The van der Waals surface area contributed by atoms with Crippen LogP contribution in [0.4, 0.5) is 0 Å². The summed E-state index contributed by atoms with van der Waals surface area (Å²) < 4.78 is 21.5. The lowest BCUT2D eigenvalue weighted by molar-refractivity contribution is 0.608. The second-order valence-corrected chi connectivity index (χ2v) is 4.50. The van der Waals surface area contributed by atoms with Crippen LogP contribution in [0.15, 0.2) is 15.0 Å². The van der Waals surface area contributed by atoms with E-state index in [0.717, 1.165) is 0 Å². The molecule has 0 unspecified atom stereocenters. The van der Waals surface area contributed by atoms with Crippen LogP contribution in [0, 0.1) is 0 Å². The number of nitrogens with zero attached hydrogens (tertiary/aromatic N) is 3. The van der Waals surface area contributed by atoms with Crippen LogP contribution in [-0.2, 0) is 10.0 Å². The van der Waals surface area contributed by atoms with Gasteiger partial charge in [-0.05, 0) is 0 Å². The van der Waals surface area contributed by atoms with Crippen LogP contribution in [0.3, 0.4) is 0 Å². The highest BCUT2D eigenvalue weighted by Gasteiger charge is 2.27. The molecule has 0 radical (unpaired) electrons. The third kappa shape index (κ3) is 1.17. The molecule has 0 aromatic carbocycles. The largest absolute Gasteiger partial charge is 0.273 e. The molecular formula is C4H4N4O2S2. The number of aliphatic imine (C=N–C) groups is 3. The van der Waals surface area contributed by atoms with E-state index in [9.17, 15) is 8.42 Å². The van der Waals surface area contributed by atoms with Crippen molar-refractivity contribution in [3.05, 3.63) is 0 Å². The zero-order valence-electron chi connectivity index (χ0n) is 5.76.